The Hall–Kier alpha value is -1.76. The molecule has 0 radical (unpaired) electrons. The third-order valence-corrected chi connectivity index (χ3v) is 4.34. The van der Waals surface area contributed by atoms with Crippen LogP contribution in [0.5, 0.6) is 5.75 Å². The van der Waals surface area contributed by atoms with E-state index in [9.17, 15) is 13.2 Å². The molecule has 0 saturated heterocycles. The number of carbonyl (C=O) groups is 1. The zero-order valence-corrected chi connectivity index (χ0v) is 12.5. The number of ether oxygens (including phenoxy) is 1. The van der Waals surface area contributed by atoms with Gasteiger partial charge in [0.05, 0.1) is 18.0 Å². The topological polar surface area (TPSA) is 89.7 Å². The number of primary amides is 1. The normalized spacial score (nSPS) is 11.1. The van der Waals surface area contributed by atoms with Crippen molar-refractivity contribution in [2.24, 2.45) is 5.73 Å². The lowest BCUT2D eigenvalue weighted by atomic mass is 10.3. The highest BCUT2D eigenvalue weighted by Gasteiger charge is 2.22. The fraction of sp³-hybridized carbons (Fsp3) is 0.462. The molecule has 0 heterocycles. The van der Waals surface area contributed by atoms with Gasteiger partial charge < -0.3 is 10.5 Å². The number of hydrogen-bond donors (Lipinski definition) is 1. The lowest BCUT2D eigenvalue weighted by molar-refractivity contribution is -0.116. The third kappa shape index (κ3) is 4.41. The van der Waals surface area contributed by atoms with E-state index >= 15 is 0 Å². The van der Waals surface area contributed by atoms with Crippen LogP contribution in [-0.2, 0) is 14.8 Å². The van der Waals surface area contributed by atoms with E-state index in [0.29, 0.717) is 18.0 Å². The van der Waals surface area contributed by atoms with Crippen molar-refractivity contribution >= 4 is 21.6 Å². The summed E-state index contributed by atoms with van der Waals surface area (Å²) >= 11 is 0. The molecule has 2 N–H and O–H groups in total. The minimum Gasteiger partial charge on any atom is -0.494 e. The van der Waals surface area contributed by atoms with E-state index in [2.05, 4.69) is 0 Å². The quantitative estimate of drug-likeness (QED) is 0.779. The minimum atomic E-state index is -3.55. The zero-order chi connectivity index (χ0) is 15.2. The Morgan fingerprint density at radius 1 is 1.25 bits per heavy atom. The van der Waals surface area contributed by atoms with Crippen LogP contribution in [0.4, 0.5) is 5.69 Å². The van der Waals surface area contributed by atoms with Crippen LogP contribution in [0.2, 0.25) is 0 Å². The summed E-state index contributed by atoms with van der Waals surface area (Å²) in [6.07, 6.45) is 0.889. The first-order valence-corrected chi connectivity index (χ1v) is 8.03. The predicted octanol–water partition coefficient (Wildman–Crippen LogP) is 1.12. The monoisotopic (exact) mass is 300 g/mol. The van der Waals surface area contributed by atoms with Crippen LogP contribution in [0.3, 0.4) is 0 Å². The first kappa shape index (κ1) is 16.3. The van der Waals surface area contributed by atoms with E-state index in [1.807, 2.05) is 6.92 Å². The van der Waals surface area contributed by atoms with Crippen LogP contribution in [0.25, 0.3) is 0 Å². The standard InChI is InChI=1S/C13H20N2O4S/c1-3-9-19-12-7-5-11(6-8-12)15(10-13(14)16)20(17,18)4-2/h5-8H,3-4,9-10H2,1-2H3,(H2,14,16). The molecule has 1 amide bonds. The second-order valence-corrected chi connectivity index (χ2v) is 6.40. The number of anilines is 1. The molecule has 112 valence electrons. The van der Waals surface area contributed by atoms with Crippen molar-refractivity contribution in [3.05, 3.63) is 24.3 Å². The number of nitrogens with zero attached hydrogens (tertiary/aromatic N) is 1. The fourth-order valence-electron chi connectivity index (χ4n) is 1.58. The predicted molar refractivity (Wildman–Crippen MR) is 78.2 cm³/mol. The average molecular weight is 300 g/mol. The highest BCUT2D eigenvalue weighted by molar-refractivity contribution is 7.92. The fourth-order valence-corrected chi connectivity index (χ4v) is 2.65. The summed E-state index contributed by atoms with van der Waals surface area (Å²) < 4.78 is 30.4. The van der Waals surface area contributed by atoms with E-state index in [1.165, 1.54) is 6.92 Å². The first-order chi connectivity index (χ1) is 9.40. The summed E-state index contributed by atoms with van der Waals surface area (Å²) in [5.41, 5.74) is 5.51. The van der Waals surface area contributed by atoms with E-state index < -0.39 is 15.9 Å². The second kappa shape index (κ2) is 7.14. The summed E-state index contributed by atoms with van der Waals surface area (Å²) in [6, 6.07) is 6.54. The van der Waals surface area contributed by atoms with Crippen molar-refractivity contribution in [1.82, 2.24) is 0 Å². The van der Waals surface area contributed by atoms with Crippen molar-refractivity contribution in [1.29, 1.82) is 0 Å². The summed E-state index contributed by atoms with van der Waals surface area (Å²) in [7, 11) is -3.55. The molecular weight excluding hydrogens is 280 g/mol. The minimum absolute atomic E-state index is 0.103. The van der Waals surface area contributed by atoms with Gasteiger partial charge in [-0.15, -0.1) is 0 Å². The Morgan fingerprint density at radius 3 is 2.30 bits per heavy atom. The van der Waals surface area contributed by atoms with E-state index in [-0.39, 0.29) is 12.3 Å². The van der Waals surface area contributed by atoms with Crippen molar-refractivity contribution < 1.29 is 17.9 Å². The molecule has 20 heavy (non-hydrogen) atoms. The Morgan fingerprint density at radius 2 is 1.85 bits per heavy atom. The molecule has 6 nitrogen and oxygen atoms in total. The van der Waals surface area contributed by atoms with Gasteiger partial charge in [-0.05, 0) is 37.6 Å². The summed E-state index contributed by atoms with van der Waals surface area (Å²) in [5, 5.41) is 0. The molecular formula is C13H20N2O4S. The Balaban J connectivity index is 3.00. The smallest absolute Gasteiger partial charge is 0.238 e. The zero-order valence-electron chi connectivity index (χ0n) is 11.7. The van der Waals surface area contributed by atoms with Crippen molar-refractivity contribution in [3.8, 4) is 5.75 Å². The van der Waals surface area contributed by atoms with Crippen LogP contribution in [0.15, 0.2) is 24.3 Å². The number of hydrogen-bond acceptors (Lipinski definition) is 4. The Bertz CT molecular complexity index is 540. The molecule has 7 heteroatoms. The number of amides is 1. The highest BCUT2D eigenvalue weighted by Crippen LogP contribution is 2.22. The van der Waals surface area contributed by atoms with E-state index in [0.717, 1.165) is 10.7 Å². The van der Waals surface area contributed by atoms with E-state index in [4.69, 9.17) is 10.5 Å². The number of carbonyl (C=O) groups excluding carboxylic acids is 1. The largest absolute Gasteiger partial charge is 0.494 e. The maximum Gasteiger partial charge on any atom is 0.238 e. The maximum absolute atomic E-state index is 12.0. The summed E-state index contributed by atoms with van der Waals surface area (Å²) in [5.74, 6) is -0.147. The van der Waals surface area contributed by atoms with E-state index in [1.54, 1.807) is 24.3 Å². The molecule has 1 rings (SSSR count). The Labute approximate surface area is 119 Å². The van der Waals surface area contributed by atoms with Gasteiger partial charge >= 0.3 is 0 Å². The number of rotatable bonds is 8. The van der Waals surface area contributed by atoms with Gasteiger partial charge in [0.15, 0.2) is 0 Å². The molecule has 0 bridgehead atoms. The van der Waals surface area contributed by atoms with Gasteiger partial charge in [-0.3, -0.25) is 9.10 Å². The molecule has 0 saturated carbocycles. The van der Waals surface area contributed by atoms with Gasteiger partial charge in [-0.2, -0.15) is 0 Å². The van der Waals surface area contributed by atoms with Gasteiger partial charge in [-0.1, -0.05) is 6.92 Å². The van der Waals surface area contributed by atoms with Gasteiger partial charge in [-0.25, -0.2) is 8.42 Å². The molecule has 1 aromatic carbocycles. The highest BCUT2D eigenvalue weighted by atomic mass is 32.2. The van der Waals surface area contributed by atoms with Crippen molar-refractivity contribution in [2.45, 2.75) is 20.3 Å². The van der Waals surface area contributed by atoms with Crippen LogP contribution in [-0.4, -0.2) is 33.2 Å². The van der Waals surface area contributed by atoms with Gasteiger partial charge in [0.1, 0.15) is 12.3 Å². The first-order valence-electron chi connectivity index (χ1n) is 6.42. The SMILES string of the molecule is CCCOc1ccc(N(CC(N)=O)S(=O)(=O)CC)cc1. The molecule has 0 aliphatic heterocycles. The van der Waals surface area contributed by atoms with Crippen molar-refractivity contribution in [2.75, 3.05) is 23.2 Å². The van der Waals surface area contributed by atoms with Gasteiger partial charge in [0.2, 0.25) is 15.9 Å². The van der Waals surface area contributed by atoms with Crippen LogP contribution in [0, 0.1) is 0 Å². The lowest BCUT2D eigenvalue weighted by Crippen LogP contribution is -2.39. The number of nitrogens with two attached hydrogens (primary N) is 1. The third-order valence-electron chi connectivity index (χ3n) is 2.60. The molecule has 0 atom stereocenters. The molecule has 1 aromatic rings. The summed E-state index contributed by atoms with van der Waals surface area (Å²) in [6.45, 7) is 3.74. The molecule has 0 aliphatic rings. The molecule has 0 unspecified atom stereocenters. The number of benzene rings is 1. The molecule has 0 aliphatic carbocycles. The van der Waals surface area contributed by atoms with Crippen molar-refractivity contribution in [3.63, 3.8) is 0 Å². The second-order valence-electron chi connectivity index (χ2n) is 4.22. The van der Waals surface area contributed by atoms with Gasteiger partial charge in [0, 0.05) is 0 Å². The average Bonchev–Trinajstić information content (AvgIpc) is 2.43. The molecule has 0 spiro atoms. The molecule has 0 aromatic heterocycles. The van der Waals surface area contributed by atoms with Gasteiger partial charge in [0.25, 0.3) is 0 Å². The lowest BCUT2D eigenvalue weighted by Gasteiger charge is -2.22. The van der Waals surface area contributed by atoms with Crippen LogP contribution < -0.4 is 14.8 Å². The summed E-state index contributed by atoms with van der Waals surface area (Å²) in [4.78, 5) is 11.0. The Kier molecular flexibility index (Phi) is 5.82. The van der Waals surface area contributed by atoms with Crippen LogP contribution in [0.1, 0.15) is 20.3 Å². The van der Waals surface area contributed by atoms with Crippen LogP contribution >= 0.6 is 0 Å². The molecule has 0 fully saturated rings. The maximum atomic E-state index is 12.0. The number of sulfonamides is 1.